The van der Waals surface area contributed by atoms with Gasteiger partial charge in [-0.3, -0.25) is 4.79 Å². The Bertz CT molecular complexity index is 356. The van der Waals surface area contributed by atoms with Crippen LogP contribution in [0.2, 0.25) is 0 Å². The van der Waals surface area contributed by atoms with E-state index in [0.29, 0.717) is 30.1 Å². The van der Waals surface area contributed by atoms with Crippen LogP contribution >= 0.6 is 0 Å². The van der Waals surface area contributed by atoms with Crippen LogP contribution in [0.5, 0.6) is 0 Å². The monoisotopic (exact) mass is 264 g/mol. The van der Waals surface area contributed by atoms with E-state index in [1.807, 2.05) is 14.0 Å². The molecule has 0 heterocycles. The summed E-state index contributed by atoms with van der Waals surface area (Å²) in [6.45, 7) is 8.85. The van der Waals surface area contributed by atoms with Crippen LogP contribution in [0.25, 0.3) is 0 Å². The van der Waals surface area contributed by atoms with Crippen molar-refractivity contribution in [3.05, 3.63) is 0 Å². The number of carbonyl (C=O) groups is 1. The van der Waals surface area contributed by atoms with Crippen molar-refractivity contribution >= 4 is 5.91 Å². The second-order valence-corrected chi connectivity index (χ2v) is 7.20. The van der Waals surface area contributed by atoms with Gasteiger partial charge in [-0.1, -0.05) is 20.8 Å². The first-order valence-corrected chi connectivity index (χ1v) is 7.38. The third kappa shape index (κ3) is 4.86. The number of carbonyl (C=O) groups excluding carboxylic acids is 1. The summed E-state index contributed by atoms with van der Waals surface area (Å²) in [7, 11) is 1.82. The molecular weight excluding hydrogens is 236 g/mol. The Morgan fingerprint density at radius 2 is 2.11 bits per heavy atom. The first-order valence-electron chi connectivity index (χ1n) is 7.38. The highest BCUT2D eigenvalue weighted by Gasteiger charge is 2.33. The Balaban J connectivity index is 2.54. The molecule has 0 spiro atoms. The van der Waals surface area contributed by atoms with Gasteiger partial charge in [0.05, 0.1) is 12.5 Å². The molecule has 0 aromatic rings. The molecular formula is C16H28N2O. The summed E-state index contributed by atoms with van der Waals surface area (Å²) in [4.78, 5) is 14.0. The van der Waals surface area contributed by atoms with E-state index in [0.717, 1.165) is 12.8 Å². The SMILES string of the molecule is C[C@@H]1C[C@H](CC(=O)N(C)[C@H](C)CC#N)CC(C)(C)C1. The highest BCUT2D eigenvalue weighted by molar-refractivity contribution is 5.76. The average Bonchev–Trinajstić information content (AvgIpc) is 2.25. The lowest BCUT2D eigenvalue weighted by Gasteiger charge is -2.39. The van der Waals surface area contributed by atoms with E-state index in [1.54, 1.807) is 4.90 Å². The van der Waals surface area contributed by atoms with Crippen LogP contribution in [0.4, 0.5) is 0 Å². The third-order valence-electron chi connectivity index (χ3n) is 4.38. The largest absolute Gasteiger partial charge is 0.342 e. The van der Waals surface area contributed by atoms with E-state index >= 15 is 0 Å². The van der Waals surface area contributed by atoms with Crippen molar-refractivity contribution in [2.45, 2.75) is 65.8 Å². The molecule has 1 rings (SSSR count). The molecule has 3 nitrogen and oxygen atoms in total. The van der Waals surface area contributed by atoms with Gasteiger partial charge in [0.25, 0.3) is 0 Å². The van der Waals surface area contributed by atoms with Crippen LogP contribution < -0.4 is 0 Å². The minimum absolute atomic E-state index is 0.0199. The molecule has 0 aliphatic heterocycles. The van der Waals surface area contributed by atoms with Gasteiger partial charge in [0.1, 0.15) is 0 Å². The predicted octanol–water partition coefficient (Wildman–Crippen LogP) is 3.60. The number of nitrogens with zero attached hydrogens (tertiary/aromatic N) is 2. The molecule has 1 aliphatic carbocycles. The fraction of sp³-hybridized carbons (Fsp3) is 0.875. The molecule has 3 atom stereocenters. The summed E-state index contributed by atoms with van der Waals surface area (Å²) in [5, 5.41) is 8.70. The van der Waals surface area contributed by atoms with E-state index in [9.17, 15) is 4.79 Å². The van der Waals surface area contributed by atoms with Crippen molar-refractivity contribution in [2.75, 3.05) is 7.05 Å². The Morgan fingerprint density at radius 1 is 1.47 bits per heavy atom. The number of hydrogen-bond acceptors (Lipinski definition) is 2. The van der Waals surface area contributed by atoms with Gasteiger partial charge >= 0.3 is 0 Å². The topological polar surface area (TPSA) is 44.1 Å². The van der Waals surface area contributed by atoms with Crippen LogP contribution in [0.1, 0.15) is 59.8 Å². The minimum atomic E-state index is 0.0199. The smallest absolute Gasteiger partial charge is 0.222 e. The molecule has 0 radical (unpaired) electrons. The third-order valence-corrected chi connectivity index (χ3v) is 4.38. The maximum Gasteiger partial charge on any atom is 0.222 e. The number of rotatable bonds is 4. The quantitative estimate of drug-likeness (QED) is 0.778. The van der Waals surface area contributed by atoms with Crippen molar-refractivity contribution in [3.63, 3.8) is 0 Å². The van der Waals surface area contributed by atoms with Crippen LogP contribution in [0.3, 0.4) is 0 Å². The molecule has 1 aliphatic rings. The van der Waals surface area contributed by atoms with Crippen LogP contribution in [-0.2, 0) is 4.79 Å². The van der Waals surface area contributed by atoms with Gasteiger partial charge in [0, 0.05) is 19.5 Å². The molecule has 108 valence electrons. The molecule has 1 saturated carbocycles. The van der Waals surface area contributed by atoms with E-state index in [-0.39, 0.29) is 11.9 Å². The zero-order valence-corrected chi connectivity index (χ0v) is 13.1. The molecule has 0 aromatic carbocycles. The summed E-state index contributed by atoms with van der Waals surface area (Å²) in [5.74, 6) is 1.41. The fourth-order valence-electron chi connectivity index (χ4n) is 3.61. The summed E-state index contributed by atoms with van der Waals surface area (Å²) in [6.07, 6.45) is 4.62. The second-order valence-electron chi connectivity index (χ2n) is 7.20. The van der Waals surface area contributed by atoms with Crippen molar-refractivity contribution in [2.24, 2.45) is 17.3 Å². The normalized spacial score (nSPS) is 27.4. The summed E-state index contributed by atoms with van der Waals surface area (Å²) in [5.41, 5.74) is 0.361. The first-order chi connectivity index (χ1) is 8.75. The lowest BCUT2D eigenvalue weighted by atomic mass is 9.67. The first kappa shape index (κ1) is 16.0. The molecule has 0 saturated heterocycles. The van der Waals surface area contributed by atoms with E-state index in [4.69, 9.17) is 5.26 Å². The van der Waals surface area contributed by atoms with Gasteiger partial charge in [0.2, 0.25) is 5.91 Å². The Hall–Kier alpha value is -1.04. The van der Waals surface area contributed by atoms with Crippen molar-refractivity contribution in [1.82, 2.24) is 4.90 Å². The zero-order valence-electron chi connectivity index (χ0n) is 13.1. The minimum Gasteiger partial charge on any atom is -0.342 e. The molecule has 19 heavy (non-hydrogen) atoms. The van der Waals surface area contributed by atoms with Gasteiger partial charge in [-0.15, -0.1) is 0 Å². The average molecular weight is 264 g/mol. The Morgan fingerprint density at radius 3 is 2.63 bits per heavy atom. The number of nitriles is 1. The van der Waals surface area contributed by atoms with Crippen LogP contribution in [0, 0.1) is 28.6 Å². The van der Waals surface area contributed by atoms with Crippen molar-refractivity contribution in [3.8, 4) is 6.07 Å². The van der Waals surface area contributed by atoms with Gasteiger partial charge in [-0.2, -0.15) is 5.26 Å². The Labute approximate surface area is 118 Å². The molecule has 0 aromatic heterocycles. The lowest BCUT2D eigenvalue weighted by molar-refractivity contribution is -0.133. The van der Waals surface area contributed by atoms with Crippen molar-refractivity contribution in [1.29, 1.82) is 5.26 Å². The van der Waals surface area contributed by atoms with Gasteiger partial charge in [0.15, 0.2) is 0 Å². The van der Waals surface area contributed by atoms with Gasteiger partial charge < -0.3 is 4.90 Å². The maximum absolute atomic E-state index is 12.3. The molecule has 3 heteroatoms. The van der Waals surface area contributed by atoms with E-state index in [2.05, 4.69) is 26.8 Å². The van der Waals surface area contributed by atoms with Crippen LogP contribution in [0.15, 0.2) is 0 Å². The van der Waals surface area contributed by atoms with Gasteiger partial charge in [-0.25, -0.2) is 0 Å². The van der Waals surface area contributed by atoms with Crippen molar-refractivity contribution < 1.29 is 4.79 Å². The number of amides is 1. The van der Waals surface area contributed by atoms with Gasteiger partial charge in [-0.05, 0) is 43.4 Å². The highest BCUT2D eigenvalue weighted by Crippen LogP contribution is 2.42. The molecule has 0 bridgehead atoms. The molecule has 0 unspecified atom stereocenters. The molecule has 1 amide bonds. The summed E-state index contributed by atoms with van der Waals surface area (Å²) in [6, 6.07) is 2.15. The van der Waals surface area contributed by atoms with Crippen LogP contribution in [-0.4, -0.2) is 23.9 Å². The highest BCUT2D eigenvalue weighted by atomic mass is 16.2. The van der Waals surface area contributed by atoms with E-state index in [1.165, 1.54) is 6.42 Å². The standard InChI is InChI=1S/C16H28N2O/c1-12-8-14(11-16(3,4)10-12)9-15(19)18(5)13(2)6-7-17/h12-14H,6,8-11H2,1-5H3/t12-,13-,14-/m1/s1. The molecule has 1 fully saturated rings. The second kappa shape index (κ2) is 6.41. The number of hydrogen-bond donors (Lipinski definition) is 0. The Kier molecular flexibility index (Phi) is 5.40. The van der Waals surface area contributed by atoms with E-state index < -0.39 is 0 Å². The predicted molar refractivity (Wildman–Crippen MR) is 77.4 cm³/mol. The fourth-order valence-corrected chi connectivity index (χ4v) is 3.61. The summed E-state index contributed by atoms with van der Waals surface area (Å²) >= 11 is 0. The lowest BCUT2D eigenvalue weighted by Crippen LogP contribution is -2.37. The molecule has 0 N–H and O–H groups in total. The summed E-state index contributed by atoms with van der Waals surface area (Å²) < 4.78 is 0. The maximum atomic E-state index is 12.3. The zero-order chi connectivity index (χ0) is 14.6.